The second-order valence-corrected chi connectivity index (χ2v) is 4.73. The summed E-state index contributed by atoms with van der Waals surface area (Å²) in [6, 6.07) is 12.6. The molecule has 0 aliphatic heterocycles. The highest BCUT2D eigenvalue weighted by Crippen LogP contribution is 2.11. The van der Waals surface area contributed by atoms with Crippen LogP contribution in [0.1, 0.15) is 27.0 Å². The van der Waals surface area contributed by atoms with E-state index in [1.165, 1.54) is 0 Å². The first kappa shape index (κ1) is 13.1. The molecular formula is C16H17NO2. The van der Waals surface area contributed by atoms with Crippen molar-refractivity contribution in [1.82, 2.24) is 5.32 Å². The molecule has 2 aromatic carbocycles. The highest BCUT2D eigenvalue weighted by atomic mass is 16.3. The summed E-state index contributed by atoms with van der Waals surface area (Å²) in [5, 5.41) is 12.1. The first-order chi connectivity index (χ1) is 9.04. The van der Waals surface area contributed by atoms with E-state index < -0.39 is 0 Å². The minimum Gasteiger partial charge on any atom is -0.508 e. The highest BCUT2D eigenvalue weighted by Gasteiger charge is 2.06. The van der Waals surface area contributed by atoms with Gasteiger partial charge in [-0.15, -0.1) is 0 Å². The summed E-state index contributed by atoms with van der Waals surface area (Å²) in [6.07, 6.45) is 0. The van der Waals surface area contributed by atoms with E-state index in [-0.39, 0.29) is 11.7 Å². The molecule has 98 valence electrons. The Kier molecular flexibility index (Phi) is 3.85. The Balaban J connectivity index is 2.03. The molecule has 0 aliphatic carbocycles. The lowest BCUT2D eigenvalue weighted by Gasteiger charge is -2.07. The van der Waals surface area contributed by atoms with Crippen LogP contribution >= 0.6 is 0 Å². The molecule has 0 heterocycles. The van der Waals surface area contributed by atoms with Gasteiger partial charge in [0.1, 0.15) is 5.75 Å². The summed E-state index contributed by atoms with van der Waals surface area (Å²) >= 11 is 0. The third-order valence-electron chi connectivity index (χ3n) is 2.87. The number of phenolic OH excluding ortho intramolecular Hbond substituents is 1. The molecule has 0 aliphatic rings. The van der Waals surface area contributed by atoms with Crippen molar-refractivity contribution >= 4 is 5.91 Å². The second kappa shape index (κ2) is 5.57. The first-order valence-electron chi connectivity index (χ1n) is 6.19. The van der Waals surface area contributed by atoms with Gasteiger partial charge in [0, 0.05) is 12.1 Å². The van der Waals surface area contributed by atoms with Gasteiger partial charge in [-0.05, 0) is 43.7 Å². The van der Waals surface area contributed by atoms with Gasteiger partial charge in [-0.2, -0.15) is 0 Å². The summed E-state index contributed by atoms with van der Waals surface area (Å²) < 4.78 is 0. The number of rotatable bonds is 3. The maximum Gasteiger partial charge on any atom is 0.251 e. The normalized spacial score (nSPS) is 10.2. The number of hydrogen-bond acceptors (Lipinski definition) is 2. The molecule has 0 atom stereocenters. The standard InChI is InChI=1S/C16H17NO2/c1-11-7-12(2)9-14(8-11)16(19)17-10-13-3-5-15(18)6-4-13/h3-9,18H,10H2,1-2H3,(H,17,19). The maximum atomic E-state index is 12.0. The molecule has 3 nitrogen and oxygen atoms in total. The van der Waals surface area contributed by atoms with E-state index in [0.29, 0.717) is 12.1 Å². The number of carbonyl (C=O) groups excluding carboxylic acids is 1. The Morgan fingerprint density at radius 1 is 1.05 bits per heavy atom. The van der Waals surface area contributed by atoms with Crippen LogP contribution in [0.3, 0.4) is 0 Å². The molecule has 0 unspecified atom stereocenters. The summed E-state index contributed by atoms with van der Waals surface area (Å²) in [6.45, 7) is 4.40. The van der Waals surface area contributed by atoms with E-state index in [2.05, 4.69) is 5.32 Å². The Morgan fingerprint density at radius 2 is 1.63 bits per heavy atom. The van der Waals surface area contributed by atoms with E-state index in [9.17, 15) is 9.90 Å². The van der Waals surface area contributed by atoms with Crippen LogP contribution in [-0.2, 0) is 6.54 Å². The molecule has 0 bridgehead atoms. The smallest absolute Gasteiger partial charge is 0.251 e. The van der Waals surface area contributed by atoms with Crippen LogP contribution in [0.25, 0.3) is 0 Å². The van der Waals surface area contributed by atoms with E-state index in [1.807, 2.05) is 32.0 Å². The first-order valence-corrected chi connectivity index (χ1v) is 6.19. The van der Waals surface area contributed by atoms with Crippen molar-refractivity contribution in [3.8, 4) is 5.75 Å². The predicted octanol–water partition coefficient (Wildman–Crippen LogP) is 2.94. The van der Waals surface area contributed by atoms with Gasteiger partial charge in [-0.3, -0.25) is 4.79 Å². The zero-order chi connectivity index (χ0) is 13.8. The molecule has 0 saturated carbocycles. The van der Waals surface area contributed by atoms with Crippen molar-refractivity contribution in [2.45, 2.75) is 20.4 Å². The molecular weight excluding hydrogens is 238 g/mol. The van der Waals surface area contributed by atoms with Crippen molar-refractivity contribution < 1.29 is 9.90 Å². The number of nitrogens with one attached hydrogen (secondary N) is 1. The summed E-state index contributed by atoms with van der Waals surface area (Å²) in [5.41, 5.74) is 3.79. The molecule has 0 fully saturated rings. The van der Waals surface area contributed by atoms with Gasteiger partial charge in [0.05, 0.1) is 0 Å². The minimum atomic E-state index is -0.0834. The Bertz CT molecular complexity index is 568. The number of benzene rings is 2. The van der Waals surface area contributed by atoms with Crippen molar-refractivity contribution in [2.75, 3.05) is 0 Å². The van der Waals surface area contributed by atoms with Gasteiger partial charge < -0.3 is 10.4 Å². The molecule has 2 rings (SSSR count). The van der Waals surface area contributed by atoms with Crippen LogP contribution < -0.4 is 5.32 Å². The summed E-state index contributed by atoms with van der Waals surface area (Å²) in [7, 11) is 0. The number of hydrogen-bond donors (Lipinski definition) is 2. The molecule has 2 aromatic rings. The minimum absolute atomic E-state index is 0.0834. The molecule has 1 amide bonds. The highest BCUT2D eigenvalue weighted by molar-refractivity contribution is 5.94. The van der Waals surface area contributed by atoms with Crippen LogP contribution in [0.15, 0.2) is 42.5 Å². The summed E-state index contributed by atoms with van der Waals surface area (Å²) in [5.74, 6) is 0.143. The lowest BCUT2D eigenvalue weighted by atomic mass is 10.1. The predicted molar refractivity (Wildman–Crippen MR) is 75.2 cm³/mol. The Hall–Kier alpha value is -2.29. The van der Waals surface area contributed by atoms with Gasteiger partial charge in [0.2, 0.25) is 0 Å². The topological polar surface area (TPSA) is 49.3 Å². The SMILES string of the molecule is Cc1cc(C)cc(C(=O)NCc2ccc(O)cc2)c1. The molecule has 0 spiro atoms. The number of phenols is 1. The summed E-state index contributed by atoms with van der Waals surface area (Å²) in [4.78, 5) is 12.0. The zero-order valence-electron chi connectivity index (χ0n) is 11.1. The molecule has 2 N–H and O–H groups in total. The Labute approximate surface area is 112 Å². The molecule has 0 aromatic heterocycles. The molecule has 0 radical (unpaired) electrons. The van der Waals surface area contributed by atoms with Crippen molar-refractivity contribution in [3.05, 3.63) is 64.7 Å². The Morgan fingerprint density at radius 3 is 2.21 bits per heavy atom. The quantitative estimate of drug-likeness (QED) is 0.886. The fraction of sp³-hybridized carbons (Fsp3) is 0.188. The van der Waals surface area contributed by atoms with Gasteiger partial charge in [0.15, 0.2) is 0 Å². The van der Waals surface area contributed by atoms with E-state index >= 15 is 0 Å². The largest absolute Gasteiger partial charge is 0.508 e. The molecule has 0 saturated heterocycles. The second-order valence-electron chi connectivity index (χ2n) is 4.73. The third kappa shape index (κ3) is 3.58. The van der Waals surface area contributed by atoms with Crippen LogP contribution in [0, 0.1) is 13.8 Å². The monoisotopic (exact) mass is 255 g/mol. The number of amides is 1. The average Bonchev–Trinajstić information content (AvgIpc) is 2.36. The fourth-order valence-corrected chi connectivity index (χ4v) is 2.00. The molecule has 3 heteroatoms. The van der Waals surface area contributed by atoms with Crippen LogP contribution in [0.2, 0.25) is 0 Å². The van der Waals surface area contributed by atoms with E-state index in [4.69, 9.17) is 0 Å². The van der Waals surface area contributed by atoms with Gasteiger partial charge in [0.25, 0.3) is 5.91 Å². The van der Waals surface area contributed by atoms with Gasteiger partial charge in [-0.1, -0.05) is 29.3 Å². The van der Waals surface area contributed by atoms with Gasteiger partial charge >= 0.3 is 0 Å². The van der Waals surface area contributed by atoms with E-state index in [1.54, 1.807) is 24.3 Å². The van der Waals surface area contributed by atoms with Crippen molar-refractivity contribution in [1.29, 1.82) is 0 Å². The van der Waals surface area contributed by atoms with Gasteiger partial charge in [-0.25, -0.2) is 0 Å². The van der Waals surface area contributed by atoms with Crippen molar-refractivity contribution in [2.24, 2.45) is 0 Å². The average molecular weight is 255 g/mol. The zero-order valence-corrected chi connectivity index (χ0v) is 11.1. The third-order valence-corrected chi connectivity index (χ3v) is 2.87. The van der Waals surface area contributed by atoms with Crippen LogP contribution in [0.4, 0.5) is 0 Å². The number of carbonyl (C=O) groups is 1. The van der Waals surface area contributed by atoms with E-state index in [0.717, 1.165) is 16.7 Å². The van der Waals surface area contributed by atoms with Crippen LogP contribution in [0.5, 0.6) is 5.75 Å². The molecule has 19 heavy (non-hydrogen) atoms. The number of aryl methyl sites for hydroxylation is 2. The number of aromatic hydroxyl groups is 1. The van der Waals surface area contributed by atoms with Crippen LogP contribution in [-0.4, -0.2) is 11.0 Å². The maximum absolute atomic E-state index is 12.0. The lowest BCUT2D eigenvalue weighted by molar-refractivity contribution is 0.0950. The lowest BCUT2D eigenvalue weighted by Crippen LogP contribution is -2.22. The fourth-order valence-electron chi connectivity index (χ4n) is 2.00. The van der Waals surface area contributed by atoms with Crippen molar-refractivity contribution in [3.63, 3.8) is 0 Å².